The van der Waals surface area contributed by atoms with Crippen molar-refractivity contribution in [2.24, 2.45) is 35.0 Å². The van der Waals surface area contributed by atoms with Crippen molar-refractivity contribution in [2.45, 2.75) is 129 Å². The van der Waals surface area contributed by atoms with E-state index in [1.807, 2.05) is 26.5 Å². The van der Waals surface area contributed by atoms with Gasteiger partial charge in [0.1, 0.15) is 0 Å². The fraction of sp³-hybridized carbons (Fsp3) is 0.933. The van der Waals surface area contributed by atoms with Crippen LogP contribution in [0.3, 0.4) is 0 Å². The van der Waals surface area contributed by atoms with E-state index in [1.165, 1.54) is 77.2 Å². The van der Waals surface area contributed by atoms with Gasteiger partial charge < -0.3 is 14.8 Å². The van der Waals surface area contributed by atoms with Crippen LogP contribution in [-0.4, -0.2) is 37.5 Å². The highest BCUT2D eigenvalue weighted by Crippen LogP contribution is 2.65. The number of hydrogen-bond acceptors (Lipinski definition) is 3. The average molecular weight is 458 g/mol. The molecule has 0 aromatic carbocycles. The SMILES string of the molecule is CC.COC1CCC2(C)C(CCC3C4CCC5(CC(C)=C4CC32)CC2NCC(C)CC2O5)C1. The van der Waals surface area contributed by atoms with Crippen LogP contribution in [0.1, 0.15) is 105 Å². The van der Waals surface area contributed by atoms with Crippen LogP contribution < -0.4 is 5.32 Å². The minimum Gasteiger partial charge on any atom is -0.381 e. The minimum absolute atomic E-state index is 0.126. The van der Waals surface area contributed by atoms with Crippen molar-refractivity contribution in [3.05, 3.63) is 11.1 Å². The lowest BCUT2D eigenvalue weighted by atomic mass is 9.52. The second-order valence-corrected chi connectivity index (χ2v) is 12.9. The number of nitrogens with one attached hydrogen (secondary N) is 1. The molecular formula is C30H51NO2. The van der Waals surface area contributed by atoms with Gasteiger partial charge >= 0.3 is 0 Å². The van der Waals surface area contributed by atoms with Crippen LogP contribution in [0.15, 0.2) is 11.1 Å². The number of rotatable bonds is 1. The Labute approximate surface area is 203 Å². The average Bonchev–Trinajstić information content (AvgIpc) is 3.33. The molecule has 0 aromatic heterocycles. The molecule has 3 heteroatoms. The van der Waals surface area contributed by atoms with Crippen molar-refractivity contribution >= 4 is 0 Å². The van der Waals surface area contributed by atoms with Crippen molar-refractivity contribution in [1.29, 1.82) is 0 Å². The number of methoxy groups -OCH3 is 1. The summed E-state index contributed by atoms with van der Waals surface area (Å²) < 4.78 is 12.7. The summed E-state index contributed by atoms with van der Waals surface area (Å²) >= 11 is 0. The van der Waals surface area contributed by atoms with E-state index in [-0.39, 0.29) is 5.60 Å². The molecule has 10 atom stereocenters. The highest BCUT2D eigenvalue weighted by molar-refractivity contribution is 5.28. The summed E-state index contributed by atoms with van der Waals surface area (Å²) in [5.74, 6) is 4.34. The Morgan fingerprint density at radius 2 is 1.88 bits per heavy atom. The maximum atomic E-state index is 6.94. The Morgan fingerprint density at radius 3 is 2.67 bits per heavy atom. The molecule has 2 saturated heterocycles. The van der Waals surface area contributed by atoms with Crippen molar-refractivity contribution in [3.8, 4) is 0 Å². The van der Waals surface area contributed by atoms with Gasteiger partial charge in [-0.3, -0.25) is 0 Å². The van der Waals surface area contributed by atoms with Gasteiger partial charge in [-0.25, -0.2) is 0 Å². The van der Waals surface area contributed by atoms with Crippen LogP contribution in [-0.2, 0) is 9.47 Å². The first-order chi connectivity index (χ1) is 15.9. The molecule has 6 rings (SSSR count). The zero-order chi connectivity index (χ0) is 23.4. The Hall–Kier alpha value is -0.380. The van der Waals surface area contributed by atoms with Gasteiger partial charge in [0.05, 0.1) is 17.8 Å². The van der Waals surface area contributed by atoms with E-state index in [9.17, 15) is 0 Å². The minimum atomic E-state index is 0.126. The molecular weight excluding hydrogens is 406 g/mol. The van der Waals surface area contributed by atoms with Crippen molar-refractivity contribution in [2.75, 3.05) is 13.7 Å². The van der Waals surface area contributed by atoms with Gasteiger partial charge in [0, 0.05) is 13.2 Å². The second-order valence-electron chi connectivity index (χ2n) is 12.9. The van der Waals surface area contributed by atoms with Gasteiger partial charge in [-0.2, -0.15) is 0 Å². The molecule has 0 aromatic rings. The Morgan fingerprint density at radius 1 is 1.06 bits per heavy atom. The van der Waals surface area contributed by atoms with Crippen LogP contribution in [0.4, 0.5) is 0 Å². The van der Waals surface area contributed by atoms with Gasteiger partial charge in [0.25, 0.3) is 0 Å². The zero-order valence-corrected chi connectivity index (χ0v) is 22.4. The summed E-state index contributed by atoms with van der Waals surface area (Å²) in [5, 5.41) is 3.83. The Kier molecular flexibility index (Phi) is 6.82. The molecule has 1 N–H and O–H groups in total. The van der Waals surface area contributed by atoms with Gasteiger partial charge in [0.2, 0.25) is 0 Å². The van der Waals surface area contributed by atoms with Crippen molar-refractivity contribution < 1.29 is 9.47 Å². The van der Waals surface area contributed by atoms with Gasteiger partial charge in [0.15, 0.2) is 0 Å². The highest BCUT2D eigenvalue weighted by atomic mass is 16.5. The molecule has 2 heterocycles. The molecule has 1 spiro atoms. The van der Waals surface area contributed by atoms with Gasteiger partial charge in [-0.15, -0.1) is 0 Å². The first-order valence-corrected chi connectivity index (χ1v) is 14.5. The maximum absolute atomic E-state index is 6.94. The smallest absolute Gasteiger partial charge is 0.0740 e. The largest absolute Gasteiger partial charge is 0.381 e. The summed E-state index contributed by atoms with van der Waals surface area (Å²) in [5.41, 5.74) is 4.27. The summed E-state index contributed by atoms with van der Waals surface area (Å²) in [4.78, 5) is 0. The third-order valence-corrected chi connectivity index (χ3v) is 11.3. The van der Waals surface area contributed by atoms with Gasteiger partial charge in [-0.1, -0.05) is 38.8 Å². The zero-order valence-electron chi connectivity index (χ0n) is 22.4. The third-order valence-electron chi connectivity index (χ3n) is 11.3. The summed E-state index contributed by atoms with van der Waals surface area (Å²) in [6.45, 7) is 12.7. The summed E-state index contributed by atoms with van der Waals surface area (Å²) in [7, 11) is 1.92. The van der Waals surface area contributed by atoms with E-state index in [2.05, 4.69) is 26.1 Å². The number of piperidine rings is 1. The molecule has 0 bridgehead atoms. The summed E-state index contributed by atoms with van der Waals surface area (Å²) in [6, 6.07) is 0.602. The monoisotopic (exact) mass is 457 g/mol. The Balaban J connectivity index is 0.00000111. The fourth-order valence-electron chi connectivity index (χ4n) is 9.62. The van der Waals surface area contributed by atoms with Crippen LogP contribution in [0.5, 0.6) is 0 Å². The lowest BCUT2D eigenvalue weighted by Crippen LogP contribution is -2.47. The molecule has 6 aliphatic rings. The lowest BCUT2D eigenvalue weighted by molar-refractivity contribution is -0.0811. The highest BCUT2D eigenvalue weighted by Gasteiger charge is 2.57. The lowest BCUT2D eigenvalue weighted by Gasteiger charge is -2.54. The molecule has 4 aliphatic carbocycles. The van der Waals surface area contributed by atoms with E-state index in [0.717, 1.165) is 29.6 Å². The Bertz CT molecular complexity index is 748. The molecule has 3 saturated carbocycles. The normalized spacial score (nSPS) is 51.1. The molecule has 3 nitrogen and oxygen atoms in total. The second kappa shape index (κ2) is 9.25. The van der Waals surface area contributed by atoms with E-state index < -0.39 is 0 Å². The van der Waals surface area contributed by atoms with E-state index in [4.69, 9.17) is 9.47 Å². The molecule has 188 valence electrons. The number of ether oxygens (including phenoxy) is 2. The quantitative estimate of drug-likeness (QED) is 0.434. The van der Waals surface area contributed by atoms with Crippen LogP contribution in [0, 0.1) is 35.0 Å². The molecule has 10 unspecified atom stereocenters. The predicted molar refractivity (Wildman–Crippen MR) is 136 cm³/mol. The van der Waals surface area contributed by atoms with E-state index >= 15 is 0 Å². The van der Waals surface area contributed by atoms with Crippen molar-refractivity contribution in [3.63, 3.8) is 0 Å². The fourth-order valence-corrected chi connectivity index (χ4v) is 9.62. The number of allylic oxidation sites excluding steroid dienone is 1. The van der Waals surface area contributed by atoms with Crippen LogP contribution >= 0.6 is 0 Å². The predicted octanol–water partition coefficient (Wildman–Crippen LogP) is 6.91. The maximum Gasteiger partial charge on any atom is 0.0740 e. The molecule has 5 fully saturated rings. The first kappa shape index (κ1) is 24.3. The first-order valence-electron chi connectivity index (χ1n) is 14.5. The van der Waals surface area contributed by atoms with Crippen molar-refractivity contribution in [1.82, 2.24) is 5.32 Å². The molecule has 2 aliphatic heterocycles. The van der Waals surface area contributed by atoms with Gasteiger partial charge in [-0.05, 0) is 119 Å². The standard InChI is InChI=1S/C28H45NO2.C2H6/c1-17-11-26-25(29-16-17)15-28(31-26)10-8-21-22-6-5-19-12-20(30-4)7-9-27(19,3)24(22)13-23(21)18(2)14-28;1-2/h17,19-22,24-26,29H,5-16H2,1-4H3;1-2H3. The van der Waals surface area contributed by atoms with Crippen LogP contribution in [0.25, 0.3) is 0 Å². The van der Waals surface area contributed by atoms with E-state index in [1.54, 1.807) is 5.57 Å². The molecule has 33 heavy (non-hydrogen) atoms. The molecule has 0 radical (unpaired) electrons. The third kappa shape index (κ3) is 4.06. The summed E-state index contributed by atoms with van der Waals surface area (Å²) in [6.07, 6.45) is 15.6. The van der Waals surface area contributed by atoms with E-state index in [0.29, 0.717) is 23.7 Å². The number of hydrogen-bond donors (Lipinski definition) is 1. The molecule has 0 amide bonds. The number of fused-ring (bicyclic) bond motifs is 6. The van der Waals surface area contributed by atoms with Crippen LogP contribution in [0.2, 0.25) is 0 Å². The topological polar surface area (TPSA) is 30.5 Å².